The molecule has 1 heterocycles. The monoisotopic (exact) mass is 510 g/mol. The molecule has 1 aliphatic rings. The fraction of sp³-hybridized carbons (Fsp3) is 0.200. The second-order valence-electron chi connectivity index (χ2n) is 8.00. The summed E-state index contributed by atoms with van der Waals surface area (Å²) in [5.41, 5.74) is 1.01. The first kappa shape index (κ1) is 24.4. The van der Waals surface area contributed by atoms with Gasteiger partial charge in [0.15, 0.2) is 0 Å². The molecule has 4 rings (SSSR count). The predicted octanol–water partition coefficient (Wildman–Crippen LogP) is 4.24. The Kier molecular flexibility index (Phi) is 7.15. The molecule has 1 fully saturated rings. The molecule has 3 amide bonds. The zero-order valence-corrected chi connectivity index (χ0v) is 19.9. The Morgan fingerprint density at radius 3 is 2.51 bits per heavy atom. The summed E-state index contributed by atoms with van der Waals surface area (Å²) in [6, 6.07) is 13.8. The lowest BCUT2D eigenvalue weighted by Gasteiger charge is -2.21. The number of benzene rings is 2. The Labute approximate surface area is 210 Å². The van der Waals surface area contributed by atoms with Crippen molar-refractivity contribution in [2.75, 3.05) is 6.67 Å². The maximum atomic E-state index is 15.1. The van der Waals surface area contributed by atoms with E-state index in [0.717, 1.165) is 10.4 Å². The molecule has 0 atom stereocenters. The molecular weight excluding hydrogens is 491 g/mol. The molecule has 0 spiro atoms. The molecule has 0 aliphatic heterocycles. The minimum absolute atomic E-state index is 0.00831. The highest BCUT2D eigenvalue weighted by Gasteiger charge is 2.48. The number of carbonyl (C=O) groups is 3. The van der Waals surface area contributed by atoms with E-state index in [1.54, 1.807) is 36.4 Å². The van der Waals surface area contributed by atoms with Crippen LogP contribution < -0.4 is 16.0 Å². The summed E-state index contributed by atoms with van der Waals surface area (Å²) in [5, 5.41) is 9.47. The first-order valence-corrected chi connectivity index (χ1v) is 11.9. The van der Waals surface area contributed by atoms with E-state index in [0.29, 0.717) is 29.5 Å². The van der Waals surface area contributed by atoms with Crippen LogP contribution >= 0.6 is 22.9 Å². The van der Waals surface area contributed by atoms with Gasteiger partial charge in [-0.25, -0.2) is 11.0 Å². The zero-order valence-electron chi connectivity index (χ0n) is 18.4. The molecule has 0 saturated heterocycles. The third-order valence-electron chi connectivity index (χ3n) is 5.68. The number of hydrogen-bond donors (Lipinski definition) is 3. The maximum Gasteiger partial charge on any atom is 0.314 e. The van der Waals surface area contributed by atoms with E-state index in [9.17, 15) is 14.4 Å². The summed E-state index contributed by atoms with van der Waals surface area (Å²) in [6.45, 7) is 6.29. The van der Waals surface area contributed by atoms with E-state index in [4.69, 9.17) is 18.2 Å². The minimum Gasteiger partial charge on any atom is -0.344 e. The Morgan fingerprint density at radius 1 is 1.09 bits per heavy atom. The fourth-order valence-electron chi connectivity index (χ4n) is 3.74. The highest BCUT2D eigenvalue weighted by atomic mass is 35.5. The Morgan fingerprint density at radius 2 is 1.83 bits per heavy atom. The maximum absolute atomic E-state index is 15.1. The number of halogens is 2. The average Bonchev–Trinajstić information content (AvgIpc) is 3.41. The van der Waals surface area contributed by atoms with Gasteiger partial charge in [-0.1, -0.05) is 35.9 Å². The van der Waals surface area contributed by atoms with E-state index >= 15 is 4.39 Å². The second kappa shape index (κ2) is 10.3. The van der Waals surface area contributed by atoms with Crippen LogP contribution in [0.15, 0.2) is 53.9 Å². The molecule has 35 heavy (non-hydrogen) atoms. The summed E-state index contributed by atoms with van der Waals surface area (Å²) >= 11 is 7.72. The van der Waals surface area contributed by atoms with Crippen LogP contribution in [0.3, 0.4) is 0 Å². The Balaban J connectivity index is 1.53. The molecule has 178 valence electrons. The summed E-state index contributed by atoms with van der Waals surface area (Å²) in [6.07, 6.45) is 1.11. The molecule has 0 radical (unpaired) electrons. The minimum atomic E-state index is -0.933. The van der Waals surface area contributed by atoms with Crippen LogP contribution in [-0.2, 0) is 21.7 Å². The summed E-state index contributed by atoms with van der Waals surface area (Å²) in [4.78, 5) is 40.8. The van der Waals surface area contributed by atoms with Crippen LogP contribution in [0.4, 0.5) is 4.39 Å². The number of thiophene rings is 1. The van der Waals surface area contributed by atoms with E-state index in [2.05, 4.69) is 20.8 Å². The van der Waals surface area contributed by atoms with Gasteiger partial charge in [-0.05, 0) is 53.6 Å². The van der Waals surface area contributed by atoms with Crippen molar-refractivity contribution in [3.05, 3.63) is 92.9 Å². The number of nitrogens with zero attached hydrogens (tertiary/aromatic N) is 1. The van der Waals surface area contributed by atoms with Crippen molar-refractivity contribution < 1.29 is 18.8 Å². The van der Waals surface area contributed by atoms with Gasteiger partial charge in [0.1, 0.15) is 5.82 Å². The van der Waals surface area contributed by atoms with Gasteiger partial charge in [-0.15, -0.1) is 11.3 Å². The quantitative estimate of drug-likeness (QED) is 0.328. The third-order valence-corrected chi connectivity index (χ3v) is 6.87. The van der Waals surface area contributed by atoms with Crippen molar-refractivity contribution in [2.24, 2.45) is 0 Å². The molecule has 2 aromatic carbocycles. The molecule has 0 unspecified atom stereocenters. The largest absolute Gasteiger partial charge is 0.344 e. The number of rotatable bonds is 7. The highest BCUT2D eigenvalue weighted by molar-refractivity contribution is 7.13. The number of nitrogens with one attached hydrogen (secondary N) is 3. The molecule has 1 aromatic heterocycles. The molecule has 0 bridgehead atoms. The van der Waals surface area contributed by atoms with Gasteiger partial charge in [0, 0.05) is 22.5 Å². The predicted molar refractivity (Wildman–Crippen MR) is 131 cm³/mol. The van der Waals surface area contributed by atoms with Crippen molar-refractivity contribution in [1.82, 2.24) is 16.0 Å². The smallest absolute Gasteiger partial charge is 0.314 e. The number of carbonyl (C=O) groups excluding carboxylic acids is 3. The summed E-state index contributed by atoms with van der Waals surface area (Å²) < 4.78 is 15.1. The third kappa shape index (κ3) is 5.34. The Bertz CT molecular complexity index is 1330. The van der Waals surface area contributed by atoms with Crippen LogP contribution in [0.5, 0.6) is 0 Å². The van der Waals surface area contributed by atoms with Gasteiger partial charge in [-0.3, -0.25) is 24.5 Å². The van der Waals surface area contributed by atoms with Crippen molar-refractivity contribution in [2.45, 2.75) is 24.9 Å². The van der Waals surface area contributed by atoms with Crippen LogP contribution in [-0.4, -0.2) is 24.4 Å². The number of amides is 3. The Hall–Kier alpha value is -3.74. The van der Waals surface area contributed by atoms with Gasteiger partial charge in [-0.2, -0.15) is 0 Å². The van der Waals surface area contributed by atoms with E-state index in [1.165, 1.54) is 11.3 Å². The average molecular weight is 511 g/mol. The van der Waals surface area contributed by atoms with Crippen LogP contribution in [0.25, 0.3) is 15.3 Å². The molecule has 3 aromatic rings. The topological polar surface area (TPSA) is 91.7 Å². The lowest BCUT2D eigenvalue weighted by atomic mass is 9.99. The fourth-order valence-corrected chi connectivity index (χ4v) is 4.67. The van der Waals surface area contributed by atoms with Crippen molar-refractivity contribution in [3.63, 3.8) is 0 Å². The first-order valence-electron chi connectivity index (χ1n) is 10.7. The van der Waals surface area contributed by atoms with Gasteiger partial charge in [0.05, 0.1) is 10.6 Å². The summed E-state index contributed by atoms with van der Waals surface area (Å²) in [5.74, 6) is -2.83. The molecule has 7 nitrogen and oxygen atoms in total. The second-order valence-corrected chi connectivity index (χ2v) is 9.35. The van der Waals surface area contributed by atoms with Crippen molar-refractivity contribution in [3.8, 4) is 10.4 Å². The van der Waals surface area contributed by atoms with Crippen LogP contribution in [0.2, 0.25) is 5.02 Å². The van der Waals surface area contributed by atoms with E-state index in [1.807, 2.05) is 17.5 Å². The molecule has 10 heteroatoms. The van der Waals surface area contributed by atoms with Crippen molar-refractivity contribution in [1.29, 1.82) is 0 Å². The van der Waals surface area contributed by atoms with Crippen LogP contribution in [0.1, 0.15) is 34.3 Å². The standard InChI is InChI=1S/C25H20ClFN4O3S/c1-28-14-30-24(34)23(33)29-13-15-5-2-3-6-17(15)22(32)31-25(8-9-25)18-11-16(12-19(26)21(18)27)20-7-4-10-35-20/h2-7,10-12H,8-9,13-14H2,(H,29,33)(H,30,34)(H,31,32). The van der Waals surface area contributed by atoms with Crippen molar-refractivity contribution >= 4 is 40.7 Å². The van der Waals surface area contributed by atoms with Gasteiger partial charge >= 0.3 is 11.8 Å². The van der Waals surface area contributed by atoms with E-state index < -0.39 is 29.1 Å². The van der Waals surface area contributed by atoms with E-state index in [-0.39, 0.29) is 18.2 Å². The van der Waals surface area contributed by atoms with Gasteiger partial charge < -0.3 is 10.6 Å². The molecular formula is C25H20ClFN4O3S. The lowest BCUT2D eigenvalue weighted by Crippen LogP contribution is -2.40. The molecule has 3 N–H and O–H groups in total. The zero-order chi connectivity index (χ0) is 25.0. The highest BCUT2D eigenvalue weighted by Crippen LogP contribution is 2.49. The number of hydrogen-bond acceptors (Lipinski definition) is 4. The normalized spacial score (nSPS) is 13.4. The van der Waals surface area contributed by atoms with Gasteiger partial charge in [0.25, 0.3) is 12.6 Å². The van der Waals surface area contributed by atoms with Gasteiger partial charge in [0.2, 0.25) is 0 Å². The lowest BCUT2D eigenvalue weighted by molar-refractivity contribution is -0.139. The molecule has 1 saturated carbocycles. The summed E-state index contributed by atoms with van der Waals surface area (Å²) in [7, 11) is 0. The van der Waals surface area contributed by atoms with Crippen LogP contribution in [0, 0.1) is 12.4 Å². The molecule has 1 aliphatic carbocycles. The SMILES string of the molecule is [C-]#[N+]CNC(=O)C(=O)NCc1ccccc1C(=O)NC1(c2cc(-c3cccs3)cc(Cl)c2F)CC1. The first-order chi connectivity index (χ1) is 16.8.